The van der Waals surface area contributed by atoms with Crippen LogP contribution in [-0.2, 0) is 5.41 Å². The van der Waals surface area contributed by atoms with E-state index in [9.17, 15) is 10.2 Å². The smallest absolute Gasteiger partial charge is 0.120 e. The van der Waals surface area contributed by atoms with E-state index in [1.807, 2.05) is 24.3 Å². The Balaban J connectivity index is 1.36. The van der Waals surface area contributed by atoms with Gasteiger partial charge in [-0.25, -0.2) is 0 Å². The molecule has 0 radical (unpaired) electrons. The first-order valence-corrected chi connectivity index (χ1v) is 16.1. The molecule has 0 heterocycles. The molecule has 3 aliphatic carbocycles. The van der Waals surface area contributed by atoms with E-state index in [4.69, 9.17) is 9.47 Å². The summed E-state index contributed by atoms with van der Waals surface area (Å²) in [5.74, 6) is 1.97. The molecule has 3 aliphatic rings. The van der Waals surface area contributed by atoms with Gasteiger partial charge in [0.1, 0.15) is 24.7 Å². The van der Waals surface area contributed by atoms with Crippen LogP contribution in [0.2, 0.25) is 0 Å². The SMILES string of the molecule is CC1C=CC2=C(C1)c1ccc(-c3cccc(OCCO)c3)cc1C21c2ccccc2-c2ccc(-c3cccc(OCCO)c3)cc21. The minimum Gasteiger partial charge on any atom is -0.491 e. The van der Waals surface area contributed by atoms with Crippen molar-refractivity contribution >= 4 is 5.57 Å². The molecule has 5 aromatic rings. The molecule has 1 spiro atoms. The summed E-state index contributed by atoms with van der Waals surface area (Å²) in [6.45, 7) is 2.80. The number of benzene rings is 5. The highest BCUT2D eigenvalue weighted by atomic mass is 16.5. The molecule has 5 aromatic carbocycles. The quantitative estimate of drug-likeness (QED) is 0.187. The second-order valence-corrected chi connectivity index (χ2v) is 12.4. The molecule has 2 N–H and O–H groups in total. The largest absolute Gasteiger partial charge is 0.491 e. The molecule has 2 atom stereocenters. The standard InChI is InChI=1S/C42H36O4/c1-27-12-17-39-37(22-27)36-16-14-31(29-7-5-9-33(24-29)46-21-19-44)26-41(36)42(39)38-11-3-2-10-34(38)35-15-13-30(25-40(35)42)28-6-4-8-32(23-28)45-20-18-43/h2-17,23-27,43-44H,18-22H2,1H3. The number of hydrogen-bond acceptors (Lipinski definition) is 4. The zero-order valence-corrected chi connectivity index (χ0v) is 25.9. The summed E-state index contributed by atoms with van der Waals surface area (Å²) in [4.78, 5) is 0. The molecule has 0 saturated heterocycles. The third-order valence-electron chi connectivity index (χ3n) is 9.69. The zero-order chi connectivity index (χ0) is 31.3. The first-order valence-electron chi connectivity index (χ1n) is 16.1. The molecule has 4 nitrogen and oxygen atoms in total. The summed E-state index contributed by atoms with van der Waals surface area (Å²) < 4.78 is 11.6. The Bertz CT molecular complexity index is 2040. The first-order chi connectivity index (χ1) is 22.6. The van der Waals surface area contributed by atoms with Crippen molar-refractivity contribution in [2.24, 2.45) is 5.92 Å². The molecular formula is C42H36O4. The van der Waals surface area contributed by atoms with Crippen molar-refractivity contribution in [2.75, 3.05) is 26.4 Å². The van der Waals surface area contributed by atoms with Crippen LogP contribution in [0.5, 0.6) is 11.5 Å². The highest BCUT2D eigenvalue weighted by Gasteiger charge is 2.52. The third kappa shape index (κ3) is 4.44. The summed E-state index contributed by atoms with van der Waals surface area (Å²) in [6, 6.07) is 39.1. The Morgan fingerprint density at radius 3 is 1.83 bits per heavy atom. The van der Waals surface area contributed by atoms with E-state index in [1.54, 1.807) is 0 Å². The molecule has 8 rings (SSSR count). The van der Waals surface area contributed by atoms with Crippen LogP contribution in [0.25, 0.3) is 39.0 Å². The fraction of sp³-hybridized carbons (Fsp3) is 0.190. The lowest BCUT2D eigenvalue weighted by Gasteiger charge is -2.33. The monoisotopic (exact) mass is 604 g/mol. The van der Waals surface area contributed by atoms with Gasteiger partial charge >= 0.3 is 0 Å². The Kier molecular flexibility index (Phi) is 7.12. The van der Waals surface area contributed by atoms with Gasteiger partial charge in [0, 0.05) is 0 Å². The first kappa shape index (κ1) is 28.6. The summed E-state index contributed by atoms with van der Waals surface area (Å²) >= 11 is 0. The minimum absolute atomic E-state index is 0.0183. The van der Waals surface area contributed by atoms with Crippen LogP contribution in [0, 0.1) is 5.92 Å². The maximum atomic E-state index is 9.31. The zero-order valence-electron chi connectivity index (χ0n) is 25.9. The predicted molar refractivity (Wildman–Crippen MR) is 184 cm³/mol. The van der Waals surface area contributed by atoms with Crippen molar-refractivity contribution in [2.45, 2.75) is 18.8 Å². The van der Waals surface area contributed by atoms with Crippen LogP contribution in [-0.4, -0.2) is 36.6 Å². The molecule has 0 bridgehead atoms. The van der Waals surface area contributed by atoms with Crippen molar-refractivity contribution in [3.05, 3.63) is 149 Å². The van der Waals surface area contributed by atoms with Gasteiger partial charge in [0.15, 0.2) is 0 Å². The van der Waals surface area contributed by atoms with E-state index in [2.05, 4.69) is 104 Å². The van der Waals surface area contributed by atoms with Gasteiger partial charge in [-0.1, -0.05) is 91.9 Å². The molecule has 0 fully saturated rings. The molecule has 0 aliphatic heterocycles. The van der Waals surface area contributed by atoms with E-state index in [-0.39, 0.29) is 26.4 Å². The Morgan fingerprint density at radius 1 is 0.609 bits per heavy atom. The summed E-state index contributed by atoms with van der Waals surface area (Å²) in [7, 11) is 0. The fourth-order valence-corrected chi connectivity index (χ4v) is 7.81. The van der Waals surface area contributed by atoms with E-state index < -0.39 is 5.41 Å². The van der Waals surface area contributed by atoms with Gasteiger partial charge in [0.2, 0.25) is 0 Å². The van der Waals surface area contributed by atoms with Crippen LogP contribution >= 0.6 is 0 Å². The highest BCUT2D eigenvalue weighted by Crippen LogP contribution is 2.64. The van der Waals surface area contributed by atoms with Crippen molar-refractivity contribution in [3.63, 3.8) is 0 Å². The average Bonchev–Trinajstić information content (AvgIpc) is 3.56. The lowest BCUT2D eigenvalue weighted by atomic mass is 9.68. The molecular weight excluding hydrogens is 568 g/mol. The van der Waals surface area contributed by atoms with E-state index in [0.29, 0.717) is 5.92 Å². The van der Waals surface area contributed by atoms with Crippen molar-refractivity contribution in [1.29, 1.82) is 0 Å². The lowest BCUT2D eigenvalue weighted by molar-refractivity contribution is 0.201. The van der Waals surface area contributed by atoms with Crippen LogP contribution in [0.1, 0.15) is 35.6 Å². The van der Waals surface area contributed by atoms with Crippen molar-refractivity contribution in [3.8, 4) is 44.9 Å². The van der Waals surface area contributed by atoms with Crippen LogP contribution in [0.4, 0.5) is 0 Å². The number of hydrogen-bond donors (Lipinski definition) is 2. The average molecular weight is 605 g/mol. The maximum Gasteiger partial charge on any atom is 0.120 e. The van der Waals surface area contributed by atoms with Crippen LogP contribution < -0.4 is 9.47 Å². The Labute approximate surface area is 269 Å². The van der Waals surface area contributed by atoms with Gasteiger partial charge in [-0.2, -0.15) is 0 Å². The molecule has 4 heteroatoms. The summed E-state index contributed by atoms with van der Waals surface area (Å²) in [6.07, 6.45) is 5.78. The van der Waals surface area contributed by atoms with E-state index in [0.717, 1.165) is 40.2 Å². The van der Waals surface area contributed by atoms with Crippen molar-refractivity contribution < 1.29 is 19.7 Å². The molecule has 0 saturated carbocycles. The number of aliphatic hydroxyl groups excluding tert-OH is 2. The van der Waals surface area contributed by atoms with Crippen LogP contribution in [0.3, 0.4) is 0 Å². The molecule has 46 heavy (non-hydrogen) atoms. The van der Waals surface area contributed by atoms with Gasteiger partial charge in [0.25, 0.3) is 0 Å². The number of allylic oxidation sites excluding steroid dienone is 4. The highest BCUT2D eigenvalue weighted by molar-refractivity contribution is 5.97. The van der Waals surface area contributed by atoms with E-state index in [1.165, 1.54) is 44.5 Å². The predicted octanol–water partition coefficient (Wildman–Crippen LogP) is 8.44. The van der Waals surface area contributed by atoms with Crippen molar-refractivity contribution in [1.82, 2.24) is 0 Å². The molecule has 228 valence electrons. The molecule has 0 amide bonds. The fourth-order valence-electron chi connectivity index (χ4n) is 7.81. The molecule has 0 aromatic heterocycles. The van der Waals surface area contributed by atoms with Gasteiger partial charge in [-0.15, -0.1) is 0 Å². The third-order valence-corrected chi connectivity index (χ3v) is 9.69. The number of rotatable bonds is 8. The summed E-state index contributed by atoms with van der Waals surface area (Å²) in [5.41, 5.74) is 14.6. The van der Waals surface area contributed by atoms with Gasteiger partial charge < -0.3 is 19.7 Å². The van der Waals surface area contributed by atoms with Gasteiger partial charge in [-0.3, -0.25) is 0 Å². The Hall–Kier alpha value is -4.90. The number of fused-ring (bicyclic) bond motifs is 9. The lowest BCUT2D eigenvalue weighted by Crippen LogP contribution is -2.27. The number of aliphatic hydroxyl groups is 2. The topological polar surface area (TPSA) is 58.9 Å². The number of ether oxygens (including phenoxy) is 2. The van der Waals surface area contributed by atoms with Gasteiger partial charge in [0.05, 0.1) is 18.6 Å². The molecule has 2 unspecified atom stereocenters. The van der Waals surface area contributed by atoms with Gasteiger partial charge in [-0.05, 0) is 116 Å². The summed E-state index contributed by atoms with van der Waals surface area (Å²) in [5, 5.41) is 18.6. The van der Waals surface area contributed by atoms with Crippen LogP contribution in [0.15, 0.2) is 127 Å². The second kappa shape index (κ2) is 11.5. The minimum atomic E-state index is -0.449. The second-order valence-electron chi connectivity index (χ2n) is 12.4. The Morgan fingerprint density at radius 2 is 1.17 bits per heavy atom. The maximum absolute atomic E-state index is 9.31. The van der Waals surface area contributed by atoms with E-state index >= 15 is 0 Å². The normalized spacial score (nSPS) is 18.7.